The first kappa shape index (κ1) is 19.3. The summed E-state index contributed by atoms with van der Waals surface area (Å²) in [5.41, 5.74) is 0. The summed E-state index contributed by atoms with van der Waals surface area (Å²) in [6.07, 6.45) is 6.55. The molecular formula is C16H23BrIN3O. The van der Waals surface area contributed by atoms with E-state index in [9.17, 15) is 0 Å². The van der Waals surface area contributed by atoms with E-state index in [0.29, 0.717) is 19.2 Å². The summed E-state index contributed by atoms with van der Waals surface area (Å²) >= 11 is 3.43. The number of guanidine groups is 1. The number of hydrogen-bond acceptors (Lipinski definition) is 2. The Kier molecular flexibility index (Phi) is 9.54. The average Bonchev–Trinajstić information content (AvgIpc) is 2.97. The SMILES string of the molecule is CCNC(=NCCOc1cccc(Br)c1)NC1CC=CC1.I. The second kappa shape index (κ2) is 10.9. The number of rotatable bonds is 6. The highest BCUT2D eigenvalue weighted by molar-refractivity contribution is 14.0. The molecule has 0 aromatic heterocycles. The molecule has 1 aliphatic carbocycles. The molecule has 1 aromatic carbocycles. The van der Waals surface area contributed by atoms with Gasteiger partial charge in [-0.2, -0.15) is 0 Å². The van der Waals surface area contributed by atoms with Gasteiger partial charge >= 0.3 is 0 Å². The number of hydrogen-bond donors (Lipinski definition) is 2. The molecule has 0 bridgehead atoms. The van der Waals surface area contributed by atoms with E-state index in [-0.39, 0.29) is 24.0 Å². The predicted molar refractivity (Wildman–Crippen MR) is 106 cm³/mol. The van der Waals surface area contributed by atoms with Gasteiger partial charge in [-0.25, -0.2) is 4.99 Å². The summed E-state index contributed by atoms with van der Waals surface area (Å²) in [6, 6.07) is 8.31. The number of halogens is 2. The Morgan fingerprint density at radius 1 is 1.36 bits per heavy atom. The molecule has 6 heteroatoms. The molecule has 0 saturated heterocycles. The fourth-order valence-electron chi connectivity index (χ4n) is 2.13. The maximum atomic E-state index is 5.68. The molecule has 0 heterocycles. The standard InChI is InChI=1S/C16H22BrN3O.HI/c1-2-18-16(20-14-7-3-4-8-14)19-10-11-21-15-9-5-6-13(17)12-15;/h3-6,9,12,14H,2,7-8,10-11H2,1H3,(H2,18,19,20);1H. The molecule has 2 N–H and O–H groups in total. The zero-order chi connectivity index (χ0) is 14.9. The monoisotopic (exact) mass is 479 g/mol. The van der Waals surface area contributed by atoms with Gasteiger partial charge in [0.05, 0.1) is 6.54 Å². The van der Waals surface area contributed by atoms with Crippen LogP contribution in [0.15, 0.2) is 45.9 Å². The van der Waals surface area contributed by atoms with Crippen molar-refractivity contribution in [2.45, 2.75) is 25.8 Å². The summed E-state index contributed by atoms with van der Waals surface area (Å²) in [4.78, 5) is 4.54. The van der Waals surface area contributed by atoms with Crippen molar-refractivity contribution in [2.75, 3.05) is 19.7 Å². The molecule has 122 valence electrons. The van der Waals surface area contributed by atoms with E-state index in [1.54, 1.807) is 0 Å². The molecule has 0 saturated carbocycles. The topological polar surface area (TPSA) is 45.7 Å². The summed E-state index contributed by atoms with van der Waals surface area (Å²) in [7, 11) is 0. The molecular weight excluding hydrogens is 457 g/mol. The Morgan fingerprint density at radius 3 is 2.82 bits per heavy atom. The first-order chi connectivity index (χ1) is 10.3. The fraction of sp³-hybridized carbons (Fsp3) is 0.438. The van der Waals surface area contributed by atoms with Crippen LogP contribution in [0.1, 0.15) is 19.8 Å². The van der Waals surface area contributed by atoms with E-state index in [1.165, 1.54) is 0 Å². The lowest BCUT2D eigenvalue weighted by molar-refractivity contribution is 0.328. The van der Waals surface area contributed by atoms with Crippen molar-refractivity contribution < 1.29 is 4.74 Å². The van der Waals surface area contributed by atoms with Crippen LogP contribution in [0.25, 0.3) is 0 Å². The average molecular weight is 480 g/mol. The first-order valence-corrected chi connectivity index (χ1v) is 8.15. The lowest BCUT2D eigenvalue weighted by atomic mass is 10.2. The molecule has 0 radical (unpaired) electrons. The number of benzene rings is 1. The number of aliphatic imine (C=N–C) groups is 1. The Morgan fingerprint density at radius 2 is 2.14 bits per heavy atom. The molecule has 1 aromatic rings. The quantitative estimate of drug-likeness (QED) is 0.215. The predicted octanol–water partition coefficient (Wildman–Crippen LogP) is 3.72. The smallest absolute Gasteiger partial charge is 0.191 e. The molecule has 0 fully saturated rings. The number of nitrogens with one attached hydrogen (secondary N) is 2. The van der Waals surface area contributed by atoms with Crippen molar-refractivity contribution >= 4 is 45.9 Å². The largest absolute Gasteiger partial charge is 0.492 e. The summed E-state index contributed by atoms with van der Waals surface area (Å²) < 4.78 is 6.70. The molecule has 0 spiro atoms. The second-order valence-electron chi connectivity index (χ2n) is 4.85. The molecule has 0 atom stereocenters. The minimum absolute atomic E-state index is 0. The van der Waals surface area contributed by atoms with Gasteiger partial charge in [0.1, 0.15) is 12.4 Å². The van der Waals surface area contributed by atoms with Crippen LogP contribution in [0.3, 0.4) is 0 Å². The van der Waals surface area contributed by atoms with Crippen LogP contribution in [-0.4, -0.2) is 31.7 Å². The molecule has 2 rings (SSSR count). The van der Waals surface area contributed by atoms with Crippen LogP contribution in [0.4, 0.5) is 0 Å². The van der Waals surface area contributed by atoms with E-state index in [1.807, 2.05) is 24.3 Å². The fourth-order valence-corrected chi connectivity index (χ4v) is 2.50. The van der Waals surface area contributed by atoms with Gasteiger partial charge in [0, 0.05) is 17.1 Å². The van der Waals surface area contributed by atoms with Crippen molar-refractivity contribution in [2.24, 2.45) is 4.99 Å². The summed E-state index contributed by atoms with van der Waals surface area (Å²) in [5.74, 6) is 1.72. The van der Waals surface area contributed by atoms with Crippen LogP contribution >= 0.6 is 39.9 Å². The van der Waals surface area contributed by atoms with Crippen LogP contribution in [0.5, 0.6) is 5.75 Å². The molecule has 0 amide bonds. The van der Waals surface area contributed by atoms with E-state index in [0.717, 1.165) is 35.6 Å². The number of nitrogens with zero attached hydrogens (tertiary/aromatic N) is 1. The van der Waals surface area contributed by atoms with Gasteiger partial charge < -0.3 is 15.4 Å². The van der Waals surface area contributed by atoms with Gasteiger partial charge in [-0.15, -0.1) is 24.0 Å². The summed E-state index contributed by atoms with van der Waals surface area (Å²) in [5, 5.41) is 6.70. The zero-order valence-corrected chi connectivity index (χ0v) is 16.6. The summed E-state index contributed by atoms with van der Waals surface area (Å²) in [6.45, 7) is 4.12. The minimum Gasteiger partial charge on any atom is -0.492 e. The van der Waals surface area contributed by atoms with E-state index in [2.05, 4.69) is 50.6 Å². The van der Waals surface area contributed by atoms with E-state index < -0.39 is 0 Å². The van der Waals surface area contributed by atoms with Crippen LogP contribution < -0.4 is 15.4 Å². The van der Waals surface area contributed by atoms with Crippen LogP contribution in [0, 0.1) is 0 Å². The van der Waals surface area contributed by atoms with Gasteiger partial charge in [0.2, 0.25) is 0 Å². The van der Waals surface area contributed by atoms with E-state index >= 15 is 0 Å². The third kappa shape index (κ3) is 7.00. The van der Waals surface area contributed by atoms with Crippen molar-refractivity contribution in [1.82, 2.24) is 10.6 Å². The lowest BCUT2D eigenvalue weighted by Gasteiger charge is -2.16. The van der Waals surface area contributed by atoms with Crippen molar-refractivity contribution in [3.63, 3.8) is 0 Å². The highest BCUT2D eigenvalue weighted by Gasteiger charge is 2.11. The zero-order valence-electron chi connectivity index (χ0n) is 12.7. The van der Waals surface area contributed by atoms with Crippen LogP contribution in [0.2, 0.25) is 0 Å². The Balaban J connectivity index is 0.00000242. The van der Waals surface area contributed by atoms with Gasteiger partial charge in [-0.1, -0.05) is 34.1 Å². The van der Waals surface area contributed by atoms with Gasteiger partial charge in [-0.3, -0.25) is 0 Å². The number of ether oxygens (including phenoxy) is 1. The molecule has 0 unspecified atom stereocenters. The third-order valence-corrected chi connectivity index (χ3v) is 3.61. The molecule has 4 nitrogen and oxygen atoms in total. The highest BCUT2D eigenvalue weighted by Crippen LogP contribution is 2.17. The minimum atomic E-state index is 0. The Bertz CT molecular complexity index is 500. The maximum Gasteiger partial charge on any atom is 0.191 e. The first-order valence-electron chi connectivity index (χ1n) is 7.36. The van der Waals surface area contributed by atoms with Gasteiger partial charge in [0.15, 0.2) is 5.96 Å². The lowest BCUT2D eigenvalue weighted by Crippen LogP contribution is -2.42. The van der Waals surface area contributed by atoms with Gasteiger partial charge in [-0.05, 0) is 38.0 Å². The van der Waals surface area contributed by atoms with Crippen molar-refractivity contribution in [3.05, 3.63) is 40.9 Å². The molecule has 0 aliphatic heterocycles. The van der Waals surface area contributed by atoms with Gasteiger partial charge in [0.25, 0.3) is 0 Å². The van der Waals surface area contributed by atoms with Crippen molar-refractivity contribution in [3.8, 4) is 5.75 Å². The highest BCUT2D eigenvalue weighted by atomic mass is 127. The Hall–Kier alpha value is -0.760. The third-order valence-electron chi connectivity index (χ3n) is 3.12. The van der Waals surface area contributed by atoms with Crippen LogP contribution in [-0.2, 0) is 0 Å². The van der Waals surface area contributed by atoms with Crippen molar-refractivity contribution in [1.29, 1.82) is 0 Å². The normalized spacial score (nSPS) is 14.5. The Labute approximate surface area is 158 Å². The second-order valence-corrected chi connectivity index (χ2v) is 5.77. The van der Waals surface area contributed by atoms with E-state index in [4.69, 9.17) is 4.74 Å². The molecule has 22 heavy (non-hydrogen) atoms. The molecule has 1 aliphatic rings. The maximum absolute atomic E-state index is 5.68.